The summed E-state index contributed by atoms with van der Waals surface area (Å²) >= 11 is 6.22. The van der Waals surface area contributed by atoms with Crippen LogP contribution < -0.4 is 11.2 Å². The van der Waals surface area contributed by atoms with Gasteiger partial charge in [-0.05, 0) is 29.2 Å². The van der Waals surface area contributed by atoms with Gasteiger partial charge in [0.25, 0.3) is 11.5 Å². The zero-order valence-electron chi connectivity index (χ0n) is 18.5. The van der Waals surface area contributed by atoms with Crippen molar-refractivity contribution in [2.75, 3.05) is 6.54 Å². The van der Waals surface area contributed by atoms with Crippen molar-refractivity contribution in [3.63, 3.8) is 0 Å². The van der Waals surface area contributed by atoms with Gasteiger partial charge in [0.1, 0.15) is 5.56 Å². The van der Waals surface area contributed by atoms with Crippen LogP contribution in [0.3, 0.4) is 0 Å². The van der Waals surface area contributed by atoms with E-state index in [4.69, 9.17) is 11.6 Å². The number of halogens is 1. The van der Waals surface area contributed by atoms with Crippen LogP contribution in [-0.4, -0.2) is 26.9 Å². The fourth-order valence-electron chi connectivity index (χ4n) is 3.74. The third-order valence-electron chi connectivity index (χ3n) is 5.59. The van der Waals surface area contributed by atoms with Gasteiger partial charge in [-0.3, -0.25) is 14.2 Å². The number of amides is 1. The quantitative estimate of drug-likeness (QED) is 0.418. The van der Waals surface area contributed by atoms with E-state index in [1.54, 1.807) is 29.2 Å². The molecule has 6 nitrogen and oxygen atoms in total. The van der Waals surface area contributed by atoms with Gasteiger partial charge < -0.3 is 9.88 Å². The third kappa shape index (κ3) is 5.53. The molecule has 1 heterocycles. The maximum Gasteiger partial charge on any atom is 0.328 e. The van der Waals surface area contributed by atoms with Crippen molar-refractivity contribution < 1.29 is 4.79 Å². The van der Waals surface area contributed by atoms with E-state index in [0.29, 0.717) is 30.1 Å². The Balaban J connectivity index is 1.65. The molecule has 0 aliphatic heterocycles. The number of hydrogen-bond acceptors (Lipinski definition) is 3. The lowest BCUT2D eigenvalue weighted by molar-refractivity contribution is 0.0742. The van der Waals surface area contributed by atoms with Gasteiger partial charge in [-0.25, -0.2) is 4.79 Å². The van der Waals surface area contributed by atoms with Gasteiger partial charge in [0.15, 0.2) is 0 Å². The number of H-pyrrole nitrogens is 1. The zero-order chi connectivity index (χ0) is 23.9. The fourth-order valence-corrected chi connectivity index (χ4v) is 3.94. The predicted molar refractivity (Wildman–Crippen MR) is 133 cm³/mol. The van der Waals surface area contributed by atoms with Crippen LogP contribution in [0.2, 0.25) is 5.02 Å². The summed E-state index contributed by atoms with van der Waals surface area (Å²) in [6.45, 7) is 0.730. The number of rotatable bonds is 8. The highest BCUT2D eigenvalue weighted by molar-refractivity contribution is 6.31. The molecule has 7 heteroatoms. The van der Waals surface area contributed by atoms with Gasteiger partial charge in [0, 0.05) is 24.3 Å². The van der Waals surface area contributed by atoms with Gasteiger partial charge in [0.05, 0.1) is 6.54 Å². The standard InChI is InChI=1S/C27H24ClN3O3/c28-24-14-8-7-13-22(24)19-31-26(33)23(17-29-27(31)34)25(32)30(18-21-11-5-2-6-12-21)16-15-20-9-3-1-4-10-20/h1-14,17H,15-16,18-19H2,(H,29,34). The first-order chi connectivity index (χ1) is 16.5. The highest BCUT2D eigenvalue weighted by atomic mass is 35.5. The van der Waals surface area contributed by atoms with Gasteiger partial charge in [-0.2, -0.15) is 0 Å². The SMILES string of the molecule is O=C(c1c[nH]c(=O)n(Cc2ccccc2Cl)c1=O)N(CCc1ccccc1)Cc1ccccc1. The first kappa shape index (κ1) is 23.3. The summed E-state index contributed by atoms with van der Waals surface area (Å²) in [4.78, 5) is 43.4. The van der Waals surface area contributed by atoms with E-state index < -0.39 is 17.2 Å². The maximum absolute atomic E-state index is 13.5. The molecule has 1 amide bonds. The van der Waals surface area contributed by atoms with Gasteiger partial charge >= 0.3 is 5.69 Å². The smallest absolute Gasteiger partial charge is 0.328 e. The van der Waals surface area contributed by atoms with E-state index in [2.05, 4.69) is 4.98 Å². The van der Waals surface area contributed by atoms with Gasteiger partial charge in [-0.1, -0.05) is 90.5 Å². The van der Waals surface area contributed by atoms with Crippen LogP contribution in [0.25, 0.3) is 0 Å². The number of hydrogen-bond donors (Lipinski definition) is 1. The molecule has 0 aliphatic rings. The molecule has 0 aliphatic carbocycles. The summed E-state index contributed by atoms with van der Waals surface area (Å²) < 4.78 is 1.01. The number of aromatic amines is 1. The van der Waals surface area contributed by atoms with Crippen molar-refractivity contribution in [2.24, 2.45) is 0 Å². The fraction of sp³-hybridized carbons (Fsp3) is 0.148. The Morgan fingerprint density at radius 2 is 1.47 bits per heavy atom. The molecule has 3 aromatic carbocycles. The van der Waals surface area contributed by atoms with Crippen molar-refractivity contribution in [3.05, 3.63) is 139 Å². The van der Waals surface area contributed by atoms with E-state index in [1.807, 2.05) is 60.7 Å². The minimum absolute atomic E-state index is 0.0301. The average Bonchev–Trinajstić information content (AvgIpc) is 2.86. The van der Waals surface area contributed by atoms with Crippen LogP contribution in [0.1, 0.15) is 27.0 Å². The Bertz CT molecular complexity index is 1380. The van der Waals surface area contributed by atoms with Crippen molar-refractivity contribution in [3.8, 4) is 0 Å². The summed E-state index contributed by atoms with van der Waals surface area (Å²) in [7, 11) is 0. The Labute approximate surface area is 202 Å². The Kier molecular flexibility index (Phi) is 7.40. The van der Waals surface area contributed by atoms with Crippen LogP contribution >= 0.6 is 11.6 Å². The Morgan fingerprint density at radius 1 is 0.853 bits per heavy atom. The molecule has 0 fully saturated rings. The Hall–Kier alpha value is -3.90. The van der Waals surface area contributed by atoms with Crippen molar-refractivity contribution in [2.45, 2.75) is 19.5 Å². The maximum atomic E-state index is 13.5. The summed E-state index contributed by atoms with van der Waals surface area (Å²) in [5.74, 6) is -0.436. The van der Waals surface area contributed by atoms with Crippen molar-refractivity contribution >= 4 is 17.5 Å². The second-order valence-corrected chi connectivity index (χ2v) is 8.35. The molecule has 0 unspecified atom stereocenters. The molecule has 4 aromatic rings. The van der Waals surface area contributed by atoms with Crippen LogP contribution in [0.4, 0.5) is 0 Å². The minimum Gasteiger partial charge on any atom is -0.334 e. The molecule has 0 saturated carbocycles. The zero-order valence-corrected chi connectivity index (χ0v) is 19.2. The lowest BCUT2D eigenvalue weighted by Gasteiger charge is -2.23. The molecule has 1 aromatic heterocycles. The minimum atomic E-state index is -0.647. The van der Waals surface area contributed by atoms with Gasteiger partial charge in [0.2, 0.25) is 0 Å². The molecule has 0 radical (unpaired) electrons. The molecule has 1 N–H and O–H groups in total. The van der Waals surface area contributed by atoms with Crippen LogP contribution in [0.15, 0.2) is 101 Å². The molecular weight excluding hydrogens is 450 g/mol. The number of carbonyl (C=O) groups excluding carboxylic acids is 1. The highest BCUT2D eigenvalue weighted by Gasteiger charge is 2.22. The molecule has 4 rings (SSSR count). The van der Waals surface area contributed by atoms with E-state index >= 15 is 0 Å². The molecule has 0 spiro atoms. The lowest BCUT2D eigenvalue weighted by Crippen LogP contribution is -2.42. The predicted octanol–water partition coefficient (Wildman–Crippen LogP) is 4.12. The molecule has 0 bridgehead atoms. The van der Waals surface area contributed by atoms with Crippen molar-refractivity contribution in [1.29, 1.82) is 0 Å². The molecule has 0 saturated heterocycles. The van der Waals surface area contributed by atoms with E-state index in [0.717, 1.165) is 15.7 Å². The third-order valence-corrected chi connectivity index (χ3v) is 5.96. The first-order valence-corrected chi connectivity index (χ1v) is 11.3. The summed E-state index contributed by atoms with van der Waals surface area (Å²) in [5.41, 5.74) is 1.32. The monoisotopic (exact) mass is 473 g/mol. The number of benzene rings is 3. The second kappa shape index (κ2) is 10.8. The summed E-state index contributed by atoms with van der Waals surface area (Å²) in [6, 6.07) is 26.4. The summed E-state index contributed by atoms with van der Waals surface area (Å²) in [6.07, 6.45) is 1.84. The van der Waals surface area contributed by atoms with E-state index in [1.165, 1.54) is 6.20 Å². The molecular formula is C27H24ClN3O3. The number of carbonyl (C=O) groups is 1. The van der Waals surface area contributed by atoms with E-state index in [9.17, 15) is 14.4 Å². The Morgan fingerprint density at radius 3 is 2.15 bits per heavy atom. The first-order valence-electron chi connectivity index (χ1n) is 11.0. The summed E-state index contributed by atoms with van der Waals surface area (Å²) in [5, 5.41) is 0.444. The average molecular weight is 474 g/mol. The van der Waals surface area contributed by atoms with Crippen LogP contribution in [0, 0.1) is 0 Å². The number of nitrogens with zero attached hydrogens (tertiary/aromatic N) is 2. The highest BCUT2D eigenvalue weighted by Crippen LogP contribution is 2.15. The van der Waals surface area contributed by atoms with Crippen LogP contribution in [-0.2, 0) is 19.5 Å². The normalized spacial score (nSPS) is 10.7. The van der Waals surface area contributed by atoms with Crippen LogP contribution in [0.5, 0.6) is 0 Å². The number of nitrogens with one attached hydrogen (secondary N) is 1. The largest absolute Gasteiger partial charge is 0.334 e. The topological polar surface area (TPSA) is 75.2 Å². The molecule has 172 valence electrons. The lowest BCUT2D eigenvalue weighted by atomic mass is 10.1. The molecule has 0 atom stereocenters. The van der Waals surface area contributed by atoms with Crippen molar-refractivity contribution in [1.82, 2.24) is 14.5 Å². The molecule has 34 heavy (non-hydrogen) atoms. The second-order valence-electron chi connectivity index (χ2n) is 7.94. The van der Waals surface area contributed by atoms with Gasteiger partial charge in [-0.15, -0.1) is 0 Å². The van der Waals surface area contributed by atoms with E-state index in [-0.39, 0.29) is 12.1 Å². The number of aromatic nitrogens is 2.